The average molecular weight is 317 g/mol. The van der Waals surface area contributed by atoms with E-state index in [0.717, 1.165) is 16.3 Å². The van der Waals surface area contributed by atoms with Crippen molar-refractivity contribution in [3.63, 3.8) is 0 Å². The van der Waals surface area contributed by atoms with Crippen molar-refractivity contribution in [3.05, 3.63) is 59.7 Å². The van der Waals surface area contributed by atoms with Crippen molar-refractivity contribution in [1.29, 1.82) is 0 Å². The SMILES string of the molecule is O=C1NC(=O)c2c1cc1ccc3c(c1c2-c1ccccc1)OCO3. The molecule has 2 aliphatic rings. The number of fused-ring (bicyclic) bond motifs is 4. The van der Waals surface area contributed by atoms with Gasteiger partial charge in [0.25, 0.3) is 11.8 Å². The fraction of sp³-hybridized carbons (Fsp3) is 0.0526. The van der Waals surface area contributed by atoms with Crippen LogP contribution in [0.1, 0.15) is 20.7 Å². The number of hydrogen-bond acceptors (Lipinski definition) is 4. The molecule has 0 unspecified atom stereocenters. The Morgan fingerprint density at radius 1 is 0.875 bits per heavy atom. The average Bonchev–Trinajstić information content (AvgIpc) is 3.19. The Morgan fingerprint density at radius 3 is 2.54 bits per heavy atom. The topological polar surface area (TPSA) is 64.6 Å². The molecule has 0 atom stereocenters. The Bertz CT molecular complexity index is 1040. The van der Waals surface area contributed by atoms with Gasteiger partial charge in [0, 0.05) is 10.9 Å². The zero-order chi connectivity index (χ0) is 16.3. The molecular formula is C19H11NO4. The second kappa shape index (κ2) is 4.58. The van der Waals surface area contributed by atoms with Crippen molar-refractivity contribution in [2.75, 3.05) is 6.79 Å². The summed E-state index contributed by atoms with van der Waals surface area (Å²) in [5, 5.41) is 4.01. The second-order valence-electron chi connectivity index (χ2n) is 5.72. The van der Waals surface area contributed by atoms with Crippen LogP contribution in [0, 0.1) is 0 Å². The van der Waals surface area contributed by atoms with E-state index < -0.39 is 0 Å². The smallest absolute Gasteiger partial charge is 0.259 e. The second-order valence-corrected chi connectivity index (χ2v) is 5.72. The summed E-state index contributed by atoms with van der Waals surface area (Å²) in [4.78, 5) is 24.6. The van der Waals surface area contributed by atoms with Crippen molar-refractivity contribution in [2.45, 2.75) is 0 Å². The molecule has 2 heterocycles. The number of amides is 2. The van der Waals surface area contributed by atoms with E-state index in [1.807, 2.05) is 42.5 Å². The summed E-state index contributed by atoms with van der Waals surface area (Å²) in [6.07, 6.45) is 0. The molecule has 0 saturated heterocycles. The van der Waals surface area contributed by atoms with E-state index in [0.29, 0.717) is 28.2 Å². The van der Waals surface area contributed by atoms with Crippen LogP contribution in [0.4, 0.5) is 0 Å². The molecule has 5 heteroatoms. The summed E-state index contributed by atoms with van der Waals surface area (Å²) < 4.78 is 11.1. The number of nitrogens with one attached hydrogen (secondary N) is 1. The Labute approximate surface area is 136 Å². The van der Waals surface area contributed by atoms with Crippen molar-refractivity contribution >= 4 is 22.6 Å². The maximum Gasteiger partial charge on any atom is 0.259 e. The van der Waals surface area contributed by atoms with Gasteiger partial charge in [0.05, 0.1) is 11.1 Å². The molecule has 0 aromatic heterocycles. The van der Waals surface area contributed by atoms with Gasteiger partial charge < -0.3 is 9.47 Å². The first-order valence-electron chi connectivity index (χ1n) is 7.54. The van der Waals surface area contributed by atoms with Gasteiger partial charge >= 0.3 is 0 Å². The molecule has 1 N–H and O–H groups in total. The first kappa shape index (κ1) is 13.1. The molecule has 3 aromatic rings. The third kappa shape index (κ3) is 1.64. The number of carbonyl (C=O) groups excluding carboxylic acids is 2. The van der Waals surface area contributed by atoms with Gasteiger partial charge in [0.2, 0.25) is 6.79 Å². The number of ether oxygens (including phenoxy) is 2. The third-order valence-corrected chi connectivity index (χ3v) is 4.40. The highest BCUT2D eigenvalue weighted by Crippen LogP contribution is 2.46. The number of hydrogen-bond donors (Lipinski definition) is 1. The summed E-state index contributed by atoms with van der Waals surface area (Å²) in [6, 6.07) is 15.0. The van der Waals surface area contributed by atoms with Crippen molar-refractivity contribution in [1.82, 2.24) is 5.32 Å². The molecule has 24 heavy (non-hydrogen) atoms. The van der Waals surface area contributed by atoms with Gasteiger partial charge in [-0.3, -0.25) is 14.9 Å². The van der Waals surface area contributed by atoms with Crippen LogP contribution in [0.3, 0.4) is 0 Å². The lowest BCUT2D eigenvalue weighted by Crippen LogP contribution is -2.20. The van der Waals surface area contributed by atoms with Gasteiger partial charge in [0.15, 0.2) is 11.5 Å². The van der Waals surface area contributed by atoms with Gasteiger partial charge in [-0.25, -0.2) is 0 Å². The minimum atomic E-state index is -0.382. The van der Waals surface area contributed by atoms with E-state index >= 15 is 0 Å². The fourth-order valence-corrected chi connectivity index (χ4v) is 3.39. The number of rotatable bonds is 1. The van der Waals surface area contributed by atoms with Gasteiger partial charge in [-0.2, -0.15) is 0 Å². The van der Waals surface area contributed by atoms with Crippen LogP contribution in [0.25, 0.3) is 21.9 Å². The first-order valence-corrected chi connectivity index (χ1v) is 7.54. The molecule has 3 aromatic carbocycles. The van der Waals surface area contributed by atoms with Crippen LogP contribution >= 0.6 is 0 Å². The molecule has 2 aliphatic heterocycles. The summed E-state index contributed by atoms with van der Waals surface area (Å²) in [7, 11) is 0. The molecule has 5 nitrogen and oxygen atoms in total. The van der Waals surface area contributed by atoms with Crippen molar-refractivity contribution < 1.29 is 19.1 Å². The molecule has 5 rings (SSSR count). The van der Waals surface area contributed by atoms with E-state index in [9.17, 15) is 9.59 Å². The maximum atomic E-state index is 12.4. The van der Waals surface area contributed by atoms with Gasteiger partial charge in [-0.1, -0.05) is 36.4 Å². The van der Waals surface area contributed by atoms with Crippen LogP contribution in [-0.4, -0.2) is 18.6 Å². The van der Waals surface area contributed by atoms with Crippen molar-refractivity contribution in [2.24, 2.45) is 0 Å². The van der Waals surface area contributed by atoms with Crippen LogP contribution < -0.4 is 14.8 Å². The maximum absolute atomic E-state index is 12.4. The quantitative estimate of drug-likeness (QED) is 0.700. The minimum Gasteiger partial charge on any atom is -0.454 e. The first-order chi connectivity index (χ1) is 11.7. The normalized spacial score (nSPS) is 14.8. The molecule has 2 amide bonds. The molecule has 116 valence electrons. The highest BCUT2D eigenvalue weighted by Gasteiger charge is 2.33. The Kier molecular flexibility index (Phi) is 2.51. The summed E-state index contributed by atoms with van der Waals surface area (Å²) in [5.74, 6) is 0.504. The number of carbonyl (C=O) groups is 2. The molecule has 0 aliphatic carbocycles. The Morgan fingerprint density at radius 2 is 1.71 bits per heavy atom. The lowest BCUT2D eigenvalue weighted by Gasteiger charge is -2.13. The van der Waals surface area contributed by atoms with E-state index in [2.05, 4.69) is 5.32 Å². The molecule has 0 spiro atoms. The minimum absolute atomic E-state index is 0.144. The van der Waals surface area contributed by atoms with Crippen LogP contribution in [0.2, 0.25) is 0 Å². The van der Waals surface area contributed by atoms with Crippen LogP contribution in [0.15, 0.2) is 48.5 Å². The van der Waals surface area contributed by atoms with E-state index in [4.69, 9.17) is 9.47 Å². The standard InChI is InChI=1S/C19H11NO4/c21-18-12-8-11-6-7-13-17(24-9-23-13)15(11)14(16(12)19(22)20-18)10-4-2-1-3-5-10/h1-8H,9H2,(H,20,21,22). The Balaban J connectivity index is 2.00. The molecule has 0 radical (unpaired) electrons. The van der Waals surface area contributed by atoms with Crippen molar-refractivity contribution in [3.8, 4) is 22.6 Å². The fourth-order valence-electron chi connectivity index (χ4n) is 3.39. The zero-order valence-electron chi connectivity index (χ0n) is 12.5. The van der Waals surface area contributed by atoms with E-state index in [-0.39, 0.29) is 18.6 Å². The summed E-state index contributed by atoms with van der Waals surface area (Å²) in [5.41, 5.74) is 2.34. The predicted octanol–water partition coefficient (Wildman–Crippen LogP) is 3.12. The lowest BCUT2D eigenvalue weighted by atomic mass is 9.90. The van der Waals surface area contributed by atoms with Crippen LogP contribution in [-0.2, 0) is 0 Å². The highest BCUT2D eigenvalue weighted by atomic mass is 16.7. The van der Waals surface area contributed by atoms with E-state index in [1.54, 1.807) is 6.07 Å². The van der Waals surface area contributed by atoms with Gasteiger partial charge in [0.1, 0.15) is 0 Å². The Hall–Kier alpha value is -3.34. The number of benzene rings is 3. The lowest BCUT2D eigenvalue weighted by molar-refractivity contribution is 0.0880. The predicted molar refractivity (Wildman–Crippen MR) is 87.3 cm³/mol. The summed E-state index contributed by atoms with van der Waals surface area (Å²) in [6.45, 7) is 0.144. The monoisotopic (exact) mass is 317 g/mol. The molecule has 0 saturated carbocycles. The number of imide groups is 1. The summed E-state index contributed by atoms with van der Waals surface area (Å²) >= 11 is 0. The third-order valence-electron chi connectivity index (χ3n) is 4.40. The van der Waals surface area contributed by atoms with Gasteiger partial charge in [-0.05, 0) is 23.1 Å². The largest absolute Gasteiger partial charge is 0.454 e. The van der Waals surface area contributed by atoms with Crippen LogP contribution in [0.5, 0.6) is 11.5 Å². The highest BCUT2D eigenvalue weighted by molar-refractivity contribution is 6.28. The van der Waals surface area contributed by atoms with Gasteiger partial charge in [-0.15, -0.1) is 0 Å². The van der Waals surface area contributed by atoms with E-state index in [1.165, 1.54) is 0 Å². The molecule has 0 bridgehead atoms. The molecule has 0 fully saturated rings. The zero-order valence-corrected chi connectivity index (χ0v) is 12.5. The molecular weight excluding hydrogens is 306 g/mol.